The van der Waals surface area contributed by atoms with Gasteiger partial charge in [0.05, 0.1) is 4.90 Å². The van der Waals surface area contributed by atoms with Crippen LogP contribution in [-0.4, -0.2) is 48.8 Å². The molecule has 136 valence electrons. The number of carboxylic acids is 1. The Morgan fingerprint density at radius 1 is 1.16 bits per heavy atom. The Balaban J connectivity index is 1.96. The molecule has 0 aromatic heterocycles. The van der Waals surface area contributed by atoms with Crippen LogP contribution >= 0.6 is 0 Å². The molecule has 2 fully saturated rings. The molecule has 1 amide bonds. The highest BCUT2D eigenvalue weighted by Gasteiger charge is 2.51. The van der Waals surface area contributed by atoms with Gasteiger partial charge in [-0.15, -0.1) is 0 Å². The van der Waals surface area contributed by atoms with Gasteiger partial charge >= 0.3 is 5.97 Å². The summed E-state index contributed by atoms with van der Waals surface area (Å²) in [6.07, 6.45) is 3.87. The van der Waals surface area contributed by atoms with Crippen LogP contribution in [0.3, 0.4) is 0 Å². The molecule has 3 atom stereocenters. The highest BCUT2D eigenvalue weighted by molar-refractivity contribution is 7.89. The number of benzene rings is 1. The first-order chi connectivity index (χ1) is 11.9. The van der Waals surface area contributed by atoms with E-state index in [1.54, 1.807) is 0 Å². The van der Waals surface area contributed by atoms with Crippen LogP contribution in [0, 0.1) is 5.92 Å². The van der Waals surface area contributed by atoms with E-state index in [1.165, 1.54) is 35.6 Å². The lowest BCUT2D eigenvalue weighted by Crippen LogP contribution is -2.46. The standard InChI is InChI=1S/C17H22N2O5S/c1-18-16(20)11-6-8-13(9-7-11)25(23,24)19-14-5-3-2-4-12(14)10-15(19)17(21)22/h6-9,12,14-15H,2-5,10H2,1H3,(H,18,20)(H,21,22)/t12-,14-,15-/m0/s1. The highest BCUT2D eigenvalue weighted by Crippen LogP contribution is 2.42. The molecule has 1 aliphatic carbocycles. The normalized spacial score (nSPS) is 26.8. The lowest BCUT2D eigenvalue weighted by molar-refractivity contribution is -0.141. The molecule has 1 heterocycles. The Morgan fingerprint density at radius 2 is 1.80 bits per heavy atom. The van der Waals surface area contributed by atoms with E-state index in [0.29, 0.717) is 18.4 Å². The van der Waals surface area contributed by atoms with Gasteiger partial charge in [0, 0.05) is 18.7 Å². The molecule has 1 aliphatic heterocycles. The lowest BCUT2D eigenvalue weighted by atomic mass is 9.85. The average molecular weight is 366 g/mol. The molecular formula is C17H22N2O5S. The number of hydrogen-bond donors (Lipinski definition) is 2. The molecular weight excluding hydrogens is 344 g/mol. The van der Waals surface area contributed by atoms with E-state index in [1.807, 2.05) is 0 Å². The topological polar surface area (TPSA) is 104 Å². The molecule has 0 bridgehead atoms. The number of hydrogen-bond acceptors (Lipinski definition) is 4. The zero-order chi connectivity index (χ0) is 18.2. The zero-order valence-corrected chi connectivity index (χ0v) is 14.8. The molecule has 2 N–H and O–H groups in total. The third-order valence-electron chi connectivity index (χ3n) is 5.23. The maximum absolute atomic E-state index is 13.1. The minimum absolute atomic E-state index is 0.0256. The van der Waals surface area contributed by atoms with Gasteiger partial charge in [-0.1, -0.05) is 12.8 Å². The second kappa shape index (κ2) is 6.76. The van der Waals surface area contributed by atoms with Crippen LogP contribution in [0.1, 0.15) is 42.5 Å². The Kier molecular flexibility index (Phi) is 4.83. The van der Waals surface area contributed by atoms with Crippen molar-refractivity contribution < 1.29 is 23.1 Å². The first-order valence-electron chi connectivity index (χ1n) is 8.44. The molecule has 0 radical (unpaired) electrons. The van der Waals surface area contributed by atoms with Gasteiger partial charge in [0.2, 0.25) is 10.0 Å². The summed E-state index contributed by atoms with van der Waals surface area (Å²) in [4.78, 5) is 23.3. The molecule has 1 saturated heterocycles. The molecule has 8 heteroatoms. The molecule has 1 aromatic rings. The van der Waals surface area contributed by atoms with Gasteiger partial charge in [-0.3, -0.25) is 9.59 Å². The third kappa shape index (κ3) is 3.16. The van der Waals surface area contributed by atoms with Crippen LogP contribution in [-0.2, 0) is 14.8 Å². The summed E-state index contributed by atoms with van der Waals surface area (Å²) in [5.74, 6) is -1.30. The smallest absolute Gasteiger partial charge is 0.322 e. The molecule has 3 rings (SSSR count). The molecule has 0 spiro atoms. The van der Waals surface area contributed by atoms with Crippen LogP contribution in [0.4, 0.5) is 0 Å². The third-order valence-corrected chi connectivity index (χ3v) is 7.18. The molecule has 7 nitrogen and oxygen atoms in total. The van der Waals surface area contributed by atoms with E-state index in [2.05, 4.69) is 5.32 Å². The van der Waals surface area contributed by atoms with Crippen molar-refractivity contribution in [2.24, 2.45) is 5.92 Å². The number of nitrogens with one attached hydrogen (secondary N) is 1. The summed E-state index contributed by atoms with van der Waals surface area (Å²) in [7, 11) is -2.43. The van der Waals surface area contributed by atoms with E-state index < -0.39 is 22.0 Å². The number of carbonyl (C=O) groups excluding carboxylic acids is 1. The van der Waals surface area contributed by atoms with Crippen molar-refractivity contribution in [1.29, 1.82) is 0 Å². The summed E-state index contributed by atoms with van der Waals surface area (Å²) in [5.41, 5.74) is 0.355. The summed E-state index contributed by atoms with van der Waals surface area (Å²) in [6, 6.07) is 4.35. The van der Waals surface area contributed by atoms with Gasteiger partial charge in [-0.25, -0.2) is 8.42 Å². The summed E-state index contributed by atoms with van der Waals surface area (Å²) >= 11 is 0. The van der Waals surface area contributed by atoms with Gasteiger partial charge in [0.1, 0.15) is 6.04 Å². The minimum atomic E-state index is -3.93. The fourth-order valence-corrected chi connectivity index (χ4v) is 5.89. The first kappa shape index (κ1) is 17.9. The first-order valence-corrected chi connectivity index (χ1v) is 9.88. The molecule has 1 saturated carbocycles. The molecule has 25 heavy (non-hydrogen) atoms. The van der Waals surface area contributed by atoms with Crippen LogP contribution < -0.4 is 5.32 Å². The van der Waals surface area contributed by atoms with Gasteiger partial charge in [-0.2, -0.15) is 4.31 Å². The number of nitrogens with zero attached hydrogens (tertiary/aromatic N) is 1. The molecule has 0 unspecified atom stereocenters. The van der Waals surface area contributed by atoms with E-state index in [-0.39, 0.29) is 22.8 Å². The number of carbonyl (C=O) groups is 2. The van der Waals surface area contributed by atoms with Crippen molar-refractivity contribution in [3.8, 4) is 0 Å². The summed E-state index contributed by atoms with van der Waals surface area (Å²) < 4.78 is 27.4. The largest absolute Gasteiger partial charge is 0.480 e. The van der Waals surface area contributed by atoms with Crippen LogP contribution in [0.2, 0.25) is 0 Å². The van der Waals surface area contributed by atoms with Crippen LogP contribution in [0.15, 0.2) is 29.2 Å². The van der Waals surface area contributed by atoms with Crippen molar-refractivity contribution in [2.75, 3.05) is 7.05 Å². The maximum Gasteiger partial charge on any atom is 0.322 e. The number of carboxylic acid groups (broad SMARTS) is 1. The number of sulfonamides is 1. The fourth-order valence-electron chi connectivity index (χ4n) is 4.02. The van der Waals surface area contributed by atoms with E-state index in [4.69, 9.17) is 0 Å². The number of fused-ring (bicyclic) bond motifs is 1. The highest BCUT2D eigenvalue weighted by atomic mass is 32.2. The van der Waals surface area contributed by atoms with Crippen molar-refractivity contribution in [2.45, 2.75) is 49.1 Å². The predicted octanol–water partition coefficient (Wildman–Crippen LogP) is 1.45. The van der Waals surface area contributed by atoms with Gasteiger partial charge in [0.15, 0.2) is 0 Å². The second-order valence-electron chi connectivity index (χ2n) is 6.64. The van der Waals surface area contributed by atoms with Gasteiger partial charge in [0.25, 0.3) is 5.91 Å². The molecule has 1 aromatic carbocycles. The summed E-state index contributed by atoms with van der Waals surface area (Å²) in [6.45, 7) is 0. The van der Waals surface area contributed by atoms with Gasteiger partial charge < -0.3 is 10.4 Å². The monoisotopic (exact) mass is 366 g/mol. The minimum Gasteiger partial charge on any atom is -0.480 e. The van der Waals surface area contributed by atoms with Crippen molar-refractivity contribution >= 4 is 21.9 Å². The molecule has 2 aliphatic rings. The van der Waals surface area contributed by atoms with Crippen LogP contribution in [0.5, 0.6) is 0 Å². The van der Waals surface area contributed by atoms with Gasteiger partial charge in [-0.05, 0) is 49.4 Å². The number of aliphatic carboxylic acids is 1. The Morgan fingerprint density at radius 3 is 2.40 bits per heavy atom. The SMILES string of the molecule is CNC(=O)c1ccc(S(=O)(=O)N2[C@H](C(=O)O)C[C@@H]3CCCC[C@@H]32)cc1. The van der Waals surface area contributed by atoms with Crippen molar-refractivity contribution in [1.82, 2.24) is 9.62 Å². The lowest BCUT2D eigenvalue weighted by Gasteiger charge is -2.32. The summed E-state index contributed by atoms with van der Waals surface area (Å²) in [5, 5.41) is 12.0. The zero-order valence-electron chi connectivity index (χ0n) is 14.0. The van der Waals surface area contributed by atoms with Crippen molar-refractivity contribution in [3.63, 3.8) is 0 Å². The fraction of sp³-hybridized carbons (Fsp3) is 0.529. The second-order valence-corrected chi connectivity index (χ2v) is 8.48. The van der Waals surface area contributed by atoms with E-state index in [0.717, 1.165) is 19.3 Å². The van der Waals surface area contributed by atoms with E-state index >= 15 is 0 Å². The Hall–Kier alpha value is -1.93. The van der Waals surface area contributed by atoms with Crippen molar-refractivity contribution in [3.05, 3.63) is 29.8 Å². The quantitative estimate of drug-likeness (QED) is 0.839. The number of rotatable bonds is 4. The van der Waals surface area contributed by atoms with Crippen LogP contribution in [0.25, 0.3) is 0 Å². The van der Waals surface area contributed by atoms with E-state index in [9.17, 15) is 23.1 Å². The maximum atomic E-state index is 13.1. The predicted molar refractivity (Wildman–Crippen MR) is 90.6 cm³/mol. The number of amides is 1. The average Bonchev–Trinajstić information content (AvgIpc) is 3.02. The Labute approximate surface area is 147 Å². The Bertz CT molecular complexity index is 775.